The Kier molecular flexibility index (Phi) is 12.5. The number of aromatic amines is 1. The molecule has 1 aliphatic carbocycles. The number of nitrogens with two attached hydrogens (primary N) is 1. The Balaban J connectivity index is 1.54. The molecule has 250 valence electrons. The van der Waals surface area contributed by atoms with Crippen LogP contribution in [-0.2, 0) is 31.8 Å². The number of imidazole rings is 1. The van der Waals surface area contributed by atoms with Crippen LogP contribution in [-0.4, -0.2) is 61.8 Å². The Hall–Kier alpha value is -3.53. The van der Waals surface area contributed by atoms with Crippen LogP contribution in [0.1, 0.15) is 70.1 Å². The van der Waals surface area contributed by atoms with E-state index < -0.39 is 55.1 Å². The van der Waals surface area contributed by atoms with Gasteiger partial charge in [-0.15, -0.1) is 0 Å². The van der Waals surface area contributed by atoms with E-state index in [1.165, 1.54) is 6.33 Å². The lowest BCUT2D eigenvalue weighted by Gasteiger charge is -2.32. The largest absolute Gasteiger partial charge is 0.481 e. The van der Waals surface area contributed by atoms with Gasteiger partial charge in [0.05, 0.1) is 24.0 Å². The molecular formula is C34H48N5O6P. The summed E-state index contributed by atoms with van der Waals surface area (Å²) in [6, 6.07) is 11.5. The number of aromatic nitrogens is 2. The van der Waals surface area contributed by atoms with Gasteiger partial charge in [-0.05, 0) is 47.4 Å². The smallest absolute Gasteiger partial charge is 0.307 e. The number of carbonyl (C=O) groups excluding carboxylic acids is 2. The fraction of sp³-hybridized carbons (Fsp3) is 0.529. The maximum Gasteiger partial charge on any atom is 0.307 e. The van der Waals surface area contributed by atoms with Crippen LogP contribution in [0.25, 0.3) is 10.8 Å². The Morgan fingerprint density at radius 3 is 2.41 bits per heavy atom. The number of hydrogen-bond donors (Lipinski definition) is 6. The van der Waals surface area contributed by atoms with Gasteiger partial charge in [-0.1, -0.05) is 88.4 Å². The number of amides is 2. The lowest BCUT2D eigenvalue weighted by molar-refractivity contribution is -0.141. The van der Waals surface area contributed by atoms with E-state index in [-0.39, 0.29) is 37.5 Å². The molecule has 11 nitrogen and oxygen atoms in total. The zero-order chi connectivity index (χ0) is 33.3. The summed E-state index contributed by atoms with van der Waals surface area (Å²) in [6.07, 6.45) is 8.25. The average Bonchev–Trinajstić information content (AvgIpc) is 3.53. The molecule has 4 rings (SSSR count). The maximum absolute atomic E-state index is 14.0. The number of H-pyrrole nitrogens is 1. The number of carboxylic acids is 1. The molecule has 0 aliphatic heterocycles. The molecule has 1 fully saturated rings. The average molecular weight is 654 g/mol. The second-order valence-corrected chi connectivity index (χ2v) is 15.6. The van der Waals surface area contributed by atoms with Crippen molar-refractivity contribution in [2.75, 3.05) is 6.16 Å². The van der Waals surface area contributed by atoms with Crippen molar-refractivity contribution >= 4 is 35.9 Å². The highest BCUT2D eigenvalue weighted by atomic mass is 31.2. The molecule has 1 aromatic heterocycles. The van der Waals surface area contributed by atoms with Crippen LogP contribution in [0.15, 0.2) is 55.0 Å². The van der Waals surface area contributed by atoms with Crippen LogP contribution in [0.3, 0.4) is 0 Å². The third-order valence-electron chi connectivity index (χ3n) is 8.92. The van der Waals surface area contributed by atoms with Gasteiger partial charge in [0.2, 0.25) is 19.2 Å². The molecule has 0 spiro atoms. The van der Waals surface area contributed by atoms with Crippen molar-refractivity contribution in [3.8, 4) is 0 Å². The highest BCUT2D eigenvalue weighted by Crippen LogP contribution is 2.51. The number of nitrogens with zero attached hydrogens (tertiary/aromatic N) is 1. The van der Waals surface area contributed by atoms with E-state index in [1.54, 1.807) is 6.20 Å². The molecule has 2 amide bonds. The van der Waals surface area contributed by atoms with E-state index in [2.05, 4.69) is 20.6 Å². The minimum Gasteiger partial charge on any atom is -0.481 e. The van der Waals surface area contributed by atoms with Crippen molar-refractivity contribution in [1.82, 2.24) is 20.6 Å². The monoisotopic (exact) mass is 653 g/mol. The summed E-state index contributed by atoms with van der Waals surface area (Å²) in [5.74, 6) is -4.34. The van der Waals surface area contributed by atoms with Crippen molar-refractivity contribution in [1.29, 1.82) is 0 Å². The number of nitrogens with one attached hydrogen (secondary N) is 3. The third kappa shape index (κ3) is 9.98. The summed E-state index contributed by atoms with van der Waals surface area (Å²) in [5.41, 5.74) is 7.79. The van der Waals surface area contributed by atoms with Crippen molar-refractivity contribution in [2.45, 2.75) is 89.5 Å². The van der Waals surface area contributed by atoms with E-state index >= 15 is 0 Å². The fourth-order valence-corrected chi connectivity index (χ4v) is 8.64. The minimum absolute atomic E-state index is 0.0130. The highest BCUT2D eigenvalue weighted by molar-refractivity contribution is 7.58. The molecule has 1 heterocycles. The summed E-state index contributed by atoms with van der Waals surface area (Å²) in [6.45, 7) is 3.74. The van der Waals surface area contributed by atoms with Gasteiger partial charge in [0, 0.05) is 18.8 Å². The van der Waals surface area contributed by atoms with E-state index in [0.717, 1.165) is 48.4 Å². The molecule has 1 saturated carbocycles. The second-order valence-electron chi connectivity index (χ2n) is 13.1. The molecule has 0 radical (unpaired) electrons. The van der Waals surface area contributed by atoms with Crippen molar-refractivity contribution < 1.29 is 28.9 Å². The van der Waals surface area contributed by atoms with Crippen LogP contribution in [0.5, 0.6) is 0 Å². The first kappa shape index (κ1) is 35.3. The molecule has 2 aromatic carbocycles. The molecule has 5 atom stereocenters. The van der Waals surface area contributed by atoms with Crippen LogP contribution in [0.4, 0.5) is 0 Å². The quantitative estimate of drug-likeness (QED) is 0.121. The van der Waals surface area contributed by atoms with Gasteiger partial charge >= 0.3 is 5.97 Å². The first-order valence-corrected chi connectivity index (χ1v) is 18.2. The zero-order valence-electron chi connectivity index (χ0n) is 26.7. The van der Waals surface area contributed by atoms with Gasteiger partial charge in [0.1, 0.15) is 11.8 Å². The van der Waals surface area contributed by atoms with Gasteiger partial charge < -0.3 is 31.4 Å². The number of fused-ring (bicyclic) bond motifs is 1. The number of aliphatic carboxylic acids is 1. The Bertz CT molecular complexity index is 1500. The second kappa shape index (κ2) is 16.3. The molecule has 46 heavy (non-hydrogen) atoms. The lowest BCUT2D eigenvalue weighted by atomic mass is 9.87. The Labute approximate surface area is 270 Å². The lowest BCUT2D eigenvalue weighted by Crippen LogP contribution is -2.54. The Morgan fingerprint density at radius 2 is 1.74 bits per heavy atom. The summed E-state index contributed by atoms with van der Waals surface area (Å²) in [7, 11) is -4.19. The van der Waals surface area contributed by atoms with Gasteiger partial charge in [-0.25, -0.2) is 4.98 Å². The SMILES string of the molecule is CC(C)CC(CP(=O)(O)C(CC1CCCCC1)NC(=O)[C@H](Cc1c[nH]cn1)NC(=O)C(N)Cc1cccc2ccccc12)C(=O)O. The number of benzene rings is 2. The first-order valence-electron chi connectivity index (χ1n) is 16.3. The normalized spacial score (nSPS) is 17.9. The molecule has 3 aromatic rings. The van der Waals surface area contributed by atoms with E-state index in [1.807, 2.05) is 56.3 Å². The van der Waals surface area contributed by atoms with Gasteiger partial charge in [0.15, 0.2) is 0 Å². The van der Waals surface area contributed by atoms with Crippen LogP contribution in [0, 0.1) is 17.8 Å². The zero-order valence-corrected chi connectivity index (χ0v) is 27.6. The van der Waals surface area contributed by atoms with Gasteiger partial charge in [0.25, 0.3) is 0 Å². The molecule has 0 saturated heterocycles. The minimum atomic E-state index is -4.19. The van der Waals surface area contributed by atoms with E-state index in [9.17, 15) is 28.9 Å². The van der Waals surface area contributed by atoms with E-state index in [4.69, 9.17) is 5.73 Å². The van der Waals surface area contributed by atoms with E-state index in [0.29, 0.717) is 5.69 Å². The van der Waals surface area contributed by atoms with Gasteiger partial charge in [-0.2, -0.15) is 0 Å². The predicted octanol–water partition coefficient (Wildman–Crippen LogP) is 4.59. The topological polar surface area (TPSA) is 188 Å². The fourth-order valence-electron chi connectivity index (χ4n) is 6.49. The maximum atomic E-state index is 14.0. The summed E-state index contributed by atoms with van der Waals surface area (Å²) >= 11 is 0. The molecule has 1 aliphatic rings. The summed E-state index contributed by atoms with van der Waals surface area (Å²) in [5, 5.41) is 17.4. The molecule has 7 N–H and O–H groups in total. The highest BCUT2D eigenvalue weighted by Gasteiger charge is 2.40. The molecule has 4 unspecified atom stereocenters. The molecule has 0 bridgehead atoms. The van der Waals surface area contributed by atoms with Crippen molar-refractivity contribution in [3.05, 3.63) is 66.2 Å². The molecule has 12 heteroatoms. The third-order valence-corrected chi connectivity index (χ3v) is 11.2. The van der Waals surface area contributed by atoms with Crippen LogP contribution >= 0.6 is 7.37 Å². The Morgan fingerprint density at radius 1 is 1.02 bits per heavy atom. The predicted molar refractivity (Wildman–Crippen MR) is 178 cm³/mol. The number of hydrogen-bond acceptors (Lipinski definition) is 6. The standard InChI is InChI=1S/C34H48N5O6P/c1-22(2)15-26(34(42)43)20-46(44,45)31(16-23-9-4-3-5-10-23)39-33(41)30(18-27-19-36-21-37-27)38-32(40)29(35)17-25-13-8-12-24-11-6-7-14-28(24)25/h6-8,11-14,19,21-23,26,29-31H,3-5,9-10,15-18,20,35H2,1-2H3,(H,36,37)(H,38,40)(H,39,41)(H,42,43)(H,44,45)/t26?,29?,30-,31?/m0/s1. The van der Waals surface area contributed by atoms with Crippen molar-refractivity contribution in [3.63, 3.8) is 0 Å². The summed E-state index contributed by atoms with van der Waals surface area (Å²) in [4.78, 5) is 57.8. The summed E-state index contributed by atoms with van der Waals surface area (Å²) < 4.78 is 14.0. The van der Waals surface area contributed by atoms with Crippen LogP contribution in [0.2, 0.25) is 0 Å². The van der Waals surface area contributed by atoms with Gasteiger partial charge in [-0.3, -0.25) is 18.9 Å². The number of rotatable bonds is 16. The van der Waals surface area contributed by atoms with Crippen LogP contribution < -0.4 is 16.4 Å². The number of carboxylic acid groups (broad SMARTS) is 1. The van der Waals surface area contributed by atoms with Crippen molar-refractivity contribution in [2.24, 2.45) is 23.5 Å². The first-order chi connectivity index (χ1) is 21.9. The number of carbonyl (C=O) groups is 3. The molecular weight excluding hydrogens is 605 g/mol.